The second-order valence-electron chi connectivity index (χ2n) is 4.51. The molecule has 2 aromatic rings. The van der Waals surface area contributed by atoms with Gasteiger partial charge in [-0.3, -0.25) is 4.79 Å². The molecule has 20 heavy (non-hydrogen) atoms. The Bertz CT molecular complexity index is 708. The first-order chi connectivity index (χ1) is 9.72. The first kappa shape index (κ1) is 12.8. The number of halogens is 1. The molecular weight excluding hydrogens is 272 g/mol. The highest BCUT2D eigenvalue weighted by atomic mass is 35.5. The van der Waals surface area contributed by atoms with Crippen molar-refractivity contribution in [2.45, 2.75) is 12.5 Å². The molecule has 0 spiro atoms. The molecule has 1 aliphatic heterocycles. The molecule has 0 unspecified atom stereocenters. The summed E-state index contributed by atoms with van der Waals surface area (Å²) in [7, 11) is 0. The number of rotatable bonds is 0. The van der Waals surface area contributed by atoms with Gasteiger partial charge in [0.15, 0.2) is 11.9 Å². The maximum Gasteiger partial charge on any atom is 0.171 e. The molecule has 1 aliphatic rings. The minimum absolute atomic E-state index is 0.0715. The van der Waals surface area contributed by atoms with Crippen LogP contribution in [0.15, 0.2) is 48.5 Å². The van der Waals surface area contributed by atoms with Gasteiger partial charge in [-0.2, -0.15) is 0 Å². The summed E-state index contributed by atoms with van der Waals surface area (Å²) in [6, 6.07) is 14.5. The zero-order valence-corrected chi connectivity index (χ0v) is 11.4. The van der Waals surface area contributed by atoms with Crippen LogP contribution in [-0.4, -0.2) is 11.9 Å². The molecule has 0 aliphatic carbocycles. The van der Waals surface area contributed by atoms with Crippen LogP contribution in [0.2, 0.25) is 5.02 Å². The third kappa shape index (κ3) is 2.68. The summed E-state index contributed by atoms with van der Waals surface area (Å²) in [5.41, 5.74) is 1.49. The van der Waals surface area contributed by atoms with E-state index in [0.717, 1.165) is 5.56 Å². The molecule has 3 rings (SSSR count). The molecule has 3 heteroatoms. The van der Waals surface area contributed by atoms with Gasteiger partial charge < -0.3 is 4.74 Å². The summed E-state index contributed by atoms with van der Waals surface area (Å²) in [6.45, 7) is 0. The molecule has 0 aromatic heterocycles. The summed E-state index contributed by atoms with van der Waals surface area (Å²) in [5.74, 6) is 6.68. The van der Waals surface area contributed by atoms with Crippen LogP contribution >= 0.6 is 11.6 Å². The van der Waals surface area contributed by atoms with Gasteiger partial charge in [0.05, 0.1) is 12.0 Å². The number of benzene rings is 2. The quantitative estimate of drug-likeness (QED) is 0.688. The zero-order valence-electron chi connectivity index (χ0n) is 10.6. The van der Waals surface area contributed by atoms with E-state index in [-0.39, 0.29) is 12.2 Å². The van der Waals surface area contributed by atoms with Crippen LogP contribution in [0.4, 0.5) is 0 Å². The van der Waals surface area contributed by atoms with E-state index in [1.165, 1.54) is 0 Å². The number of Topliss-reactive ketones (excluding diaryl/α,β-unsaturated/α-hetero) is 1. The molecule has 0 fully saturated rings. The van der Waals surface area contributed by atoms with Crippen LogP contribution in [0.3, 0.4) is 0 Å². The lowest BCUT2D eigenvalue weighted by molar-refractivity contribution is 0.0900. The Morgan fingerprint density at radius 1 is 1.10 bits per heavy atom. The van der Waals surface area contributed by atoms with E-state index in [1.807, 2.05) is 24.3 Å². The maximum atomic E-state index is 12.0. The Morgan fingerprint density at radius 3 is 2.65 bits per heavy atom. The van der Waals surface area contributed by atoms with Crippen LogP contribution in [0.5, 0.6) is 5.75 Å². The molecule has 0 radical (unpaired) electrons. The lowest BCUT2D eigenvalue weighted by Crippen LogP contribution is -2.25. The Hall–Kier alpha value is -2.24. The molecular formula is C17H11ClO2. The van der Waals surface area contributed by atoms with Crippen molar-refractivity contribution in [1.82, 2.24) is 0 Å². The van der Waals surface area contributed by atoms with Crippen molar-refractivity contribution in [2.75, 3.05) is 0 Å². The summed E-state index contributed by atoms with van der Waals surface area (Å²) in [4.78, 5) is 12.0. The Kier molecular flexibility index (Phi) is 3.45. The number of ether oxygens (including phenoxy) is 1. The van der Waals surface area contributed by atoms with Gasteiger partial charge in [-0.1, -0.05) is 35.6 Å². The fraction of sp³-hybridized carbons (Fsp3) is 0.118. The van der Waals surface area contributed by atoms with Gasteiger partial charge in [0, 0.05) is 10.6 Å². The highest BCUT2D eigenvalue weighted by Crippen LogP contribution is 2.26. The van der Waals surface area contributed by atoms with Crippen molar-refractivity contribution in [3.63, 3.8) is 0 Å². The monoisotopic (exact) mass is 282 g/mol. The summed E-state index contributed by atoms with van der Waals surface area (Å²) >= 11 is 5.82. The van der Waals surface area contributed by atoms with Crippen LogP contribution in [0, 0.1) is 11.8 Å². The minimum Gasteiger partial charge on any atom is -0.477 e. The molecule has 1 heterocycles. The lowest BCUT2D eigenvalue weighted by Gasteiger charge is -2.21. The highest BCUT2D eigenvalue weighted by Gasteiger charge is 2.24. The fourth-order valence-corrected chi connectivity index (χ4v) is 2.18. The SMILES string of the molecule is O=C1C[C@H](C#Cc2ccc(Cl)cc2)Oc2ccccc21. The van der Waals surface area contributed by atoms with E-state index in [4.69, 9.17) is 16.3 Å². The third-order valence-corrected chi connectivity index (χ3v) is 3.30. The lowest BCUT2D eigenvalue weighted by atomic mass is 10.0. The Balaban J connectivity index is 1.81. The number of carbonyl (C=O) groups excluding carboxylic acids is 1. The second-order valence-corrected chi connectivity index (χ2v) is 4.94. The van der Waals surface area contributed by atoms with Gasteiger partial charge in [-0.25, -0.2) is 0 Å². The molecule has 2 aromatic carbocycles. The molecule has 0 bridgehead atoms. The van der Waals surface area contributed by atoms with Crippen molar-refractivity contribution in [2.24, 2.45) is 0 Å². The number of hydrogen-bond acceptors (Lipinski definition) is 2. The largest absolute Gasteiger partial charge is 0.477 e. The van der Waals surface area contributed by atoms with E-state index in [9.17, 15) is 4.79 Å². The topological polar surface area (TPSA) is 26.3 Å². The van der Waals surface area contributed by atoms with Crippen LogP contribution < -0.4 is 4.74 Å². The van der Waals surface area contributed by atoms with E-state index >= 15 is 0 Å². The van der Waals surface area contributed by atoms with Gasteiger partial charge >= 0.3 is 0 Å². The second kappa shape index (κ2) is 5.40. The van der Waals surface area contributed by atoms with E-state index in [1.54, 1.807) is 24.3 Å². The van der Waals surface area contributed by atoms with Crippen LogP contribution in [0.1, 0.15) is 22.3 Å². The van der Waals surface area contributed by atoms with Crippen LogP contribution in [-0.2, 0) is 0 Å². The third-order valence-electron chi connectivity index (χ3n) is 3.05. The molecule has 0 saturated carbocycles. The first-order valence-corrected chi connectivity index (χ1v) is 6.66. The van der Waals surface area contributed by atoms with Crippen molar-refractivity contribution < 1.29 is 9.53 Å². The van der Waals surface area contributed by atoms with Crippen molar-refractivity contribution in [1.29, 1.82) is 0 Å². The Morgan fingerprint density at radius 2 is 1.85 bits per heavy atom. The van der Waals surface area contributed by atoms with E-state index in [0.29, 0.717) is 16.3 Å². The van der Waals surface area contributed by atoms with Gasteiger partial charge in [0.2, 0.25) is 0 Å². The molecule has 2 nitrogen and oxygen atoms in total. The summed E-state index contributed by atoms with van der Waals surface area (Å²) in [6.07, 6.45) is -0.106. The molecule has 0 amide bonds. The normalized spacial score (nSPS) is 16.6. The average Bonchev–Trinajstić information content (AvgIpc) is 2.47. The smallest absolute Gasteiger partial charge is 0.171 e. The van der Waals surface area contributed by atoms with Gasteiger partial charge in [-0.05, 0) is 36.4 Å². The van der Waals surface area contributed by atoms with Crippen molar-refractivity contribution in [3.05, 3.63) is 64.7 Å². The van der Waals surface area contributed by atoms with Gasteiger partial charge in [0.25, 0.3) is 0 Å². The predicted octanol–water partition coefficient (Wildman–Crippen LogP) is 3.73. The molecule has 1 atom stereocenters. The van der Waals surface area contributed by atoms with Gasteiger partial charge in [0.1, 0.15) is 5.75 Å². The minimum atomic E-state index is -0.395. The summed E-state index contributed by atoms with van der Waals surface area (Å²) < 4.78 is 5.73. The summed E-state index contributed by atoms with van der Waals surface area (Å²) in [5, 5.41) is 0.675. The van der Waals surface area contributed by atoms with E-state index in [2.05, 4.69) is 11.8 Å². The van der Waals surface area contributed by atoms with Crippen LogP contribution in [0.25, 0.3) is 0 Å². The standard InChI is InChI=1S/C17H11ClO2/c18-13-8-5-12(6-9-13)7-10-14-11-16(19)15-3-1-2-4-17(15)20-14/h1-6,8-9,14H,11H2/t14-/m0/s1. The first-order valence-electron chi connectivity index (χ1n) is 6.28. The maximum absolute atomic E-state index is 12.0. The number of ketones is 1. The average molecular weight is 283 g/mol. The predicted molar refractivity (Wildman–Crippen MR) is 78.1 cm³/mol. The molecule has 98 valence electrons. The number of carbonyl (C=O) groups is 1. The zero-order chi connectivity index (χ0) is 13.9. The number of fused-ring (bicyclic) bond motifs is 1. The van der Waals surface area contributed by atoms with Gasteiger partial charge in [-0.15, -0.1) is 0 Å². The van der Waals surface area contributed by atoms with E-state index < -0.39 is 6.10 Å². The fourth-order valence-electron chi connectivity index (χ4n) is 2.05. The number of hydrogen-bond donors (Lipinski definition) is 0. The highest BCUT2D eigenvalue weighted by molar-refractivity contribution is 6.30. The number of para-hydroxylation sites is 1. The van der Waals surface area contributed by atoms with Crippen molar-refractivity contribution in [3.8, 4) is 17.6 Å². The Labute approximate surface area is 122 Å². The van der Waals surface area contributed by atoms with Crippen molar-refractivity contribution >= 4 is 17.4 Å². The molecule has 0 saturated heterocycles. The molecule has 0 N–H and O–H groups in total.